The van der Waals surface area contributed by atoms with E-state index in [1.54, 1.807) is 0 Å². The van der Waals surface area contributed by atoms with Crippen molar-refractivity contribution in [3.8, 4) is 0 Å². The molecular weight excluding hydrogens is 186 g/mol. The second kappa shape index (κ2) is 8.12. The van der Waals surface area contributed by atoms with E-state index < -0.39 is 0 Å². The van der Waals surface area contributed by atoms with E-state index in [0.29, 0.717) is 12.1 Å². The van der Waals surface area contributed by atoms with Crippen LogP contribution in [-0.2, 0) is 4.74 Å². The molecule has 15 heavy (non-hydrogen) atoms. The average Bonchev–Trinajstić information content (AvgIpc) is 2.22. The number of hydrogen-bond donors (Lipinski definition) is 1. The quantitative estimate of drug-likeness (QED) is 0.470. The fraction of sp³-hybridized carbons (Fsp3) is 1.00. The van der Waals surface area contributed by atoms with Crippen LogP contribution in [0.15, 0.2) is 0 Å². The minimum absolute atomic E-state index is 0.508. The summed E-state index contributed by atoms with van der Waals surface area (Å²) in [6, 6.07) is 0. The largest absolute Gasteiger partial charge is 0.367 e. The first kappa shape index (κ1) is 14.9. The molecule has 0 aliphatic heterocycles. The maximum Gasteiger partial charge on any atom is 0.0965 e. The third kappa shape index (κ3) is 8.88. The van der Waals surface area contributed by atoms with Gasteiger partial charge in [-0.2, -0.15) is 0 Å². The predicted molar refractivity (Wildman–Crippen MR) is 67.0 cm³/mol. The van der Waals surface area contributed by atoms with Gasteiger partial charge in [0.25, 0.3) is 0 Å². The van der Waals surface area contributed by atoms with Crippen LogP contribution >= 0.6 is 0 Å². The van der Waals surface area contributed by atoms with Gasteiger partial charge in [-0.15, -0.1) is 0 Å². The molecule has 1 atom stereocenters. The molecule has 0 aliphatic rings. The number of ether oxygens (including phenoxy) is 1. The van der Waals surface area contributed by atoms with Crippen LogP contribution in [0.5, 0.6) is 0 Å². The minimum Gasteiger partial charge on any atom is -0.367 e. The van der Waals surface area contributed by atoms with Gasteiger partial charge in [-0.1, -0.05) is 34.1 Å². The Hall–Kier alpha value is -0.0800. The molecule has 0 radical (unpaired) electrons. The Morgan fingerprint density at radius 2 is 1.93 bits per heavy atom. The molecule has 0 heterocycles. The third-order valence-corrected chi connectivity index (χ3v) is 3.17. The van der Waals surface area contributed by atoms with Crippen molar-refractivity contribution in [1.29, 1.82) is 0 Å². The monoisotopic (exact) mass is 215 g/mol. The maximum atomic E-state index is 5.24. The average molecular weight is 215 g/mol. The zero-order chi connectivity index (χ0) is 11.7. The van der Waals surface area contributed by atoms with Gasteiger partial charge in [-0.25, -0.2) is 0 Å². The van der Waals surface area contributed by atoms with E-state index >= 15 is 0 Å². The van der Waals surface area contributed by atoms with Crippen molar-refractivity contribution in [2.24, 2.45) is 11.3 Å². The first-order chi connectivity index (χ1) is 7.02. The van der Waals surface area contributed by atoms with E-state index in [9.17, 15) is 0 Å². The lowest BCUT2D eigenvalue weighted by molar-refractivity contribution is 0.124. The molecule has 0 aromatic rings. The van der Waals surface area contributed by atoms with Crippen molar-refractivity contribution in [3.63, 3.8) is 0 Å². The molecule has 0 amide bonds. The van der Waals surface area contributed by atoms with Gasteiger partial charge in [0.15, 0.2) is 0 Å². The van der Waals surface area contributed by atoms with Crippen LogP contribution in [0.2, 0.25) is 0 Å². The molecule has 0 rings (SSSR count). The molecule has 0 saturated carbocycles. The Kier molecular flexibility index (Phi) is 8.07. The van der Waals surface area contributed by atoms with Crippen molar-refractivity contribution >= 4 is 0 Å². The SMILES string of the molecule is CCOCNCC(C)CCC(C)(C)CC. The molecule has 0 fully saturated rings. The van der Waals surface area contributed by atoms with Gasteiger partial charge < -0.3 is 4.74 Å². The zero-order valence-electron chi connectivity index (χ0n) is 11.2. The van der Waals surface area contributed by atoms with E-state index in [1.165, 1.54) is 19.3 Å². The summed E-state index contributed by atoms with van der Waals surface area (Å²) >= 11 is 0. The predicted octanol–water partition coefficient (Wildman–Crippen LogP) is 3.42. The molecule has 2 nitrogen and oxygen atoms in total. The molecule has 1 unspecified atom stereocenters. The highest BCUT2D eigenvalue weighted by atomic mass is 16.5. The van der Waals surface area contributed by atoms with E-state index in [1.807, 2.05) is 6.92 Å². The fourth-order valence-corrected chi connectivity index (χ4v) is 1.40. The summed E-state index contributed by atoms with van der Waals surface area (Å²) in [4.78, 5) is 0. The molecule has 0 spiro atoms. The van der Waals surface area contributed by atoms with E-state index in [4.69, 9.17) is 4.74 Å². The van der Waals surface area contributed by atoms with Crippen LogP contribution in [0.3, 0.4) is 0 Å². The van der Waals surface area contributed by atoms with Crippen LogP contribution in [0.1, 0.15) is 53.9 Å². The molecule has 92 valence electrons. The van der Waals surface area contributed by atoms with Crippen molar-refractivity contribution in [3.05, 3.63) is 0 Å². The highest BCUT2D eigenvalue weighted by molar-refractivity contribution is 4.68. The van der Waals surface area contributed by atoms with Gasteiger partial charge in [0, 0.05) is 6.61 Å². The standard InChI is InChI=1S/C13H29NO/c1-6-13(4,5)9-8-12(3)10-14-11-15-7-2/h12,14H,6-11H2,1-5H3. The lowest BCUT2D eigenvalue weighted by atomic mass is 9.83. The Morgan fingerprint density at radius 1 is 1.27 bits per heavy atom. The molecule has 0 aromatic heterocycles. The lowest BCUT2D eigenvalue weighted by Crippen LogP contribution is -2.25. The van der Waals surface area contributed by atoms with E-state index in [2.05, 4.69) is 33.0 Å². The first-order valence-electron chi connectivity index (χ1n) is 6.30. The molecular formula is C13H29NO. The number of hydrogen-bond acceptors (Lipinski definition) is 2. The Bertz CT molecular complexity index is 145. The highest BCUT2D eigenvalue weighted by Gasteiger charge is 2.15. The second-order valence-corrected chi connectivity index (χ2v) is 5.25. The Balaban J connectivity index is 3.44. The van der Waals surface area contributed by atoms with Gasteiger partial charge in [-0.3, -0.25) is 5.32 Å². The highest BCUT2D eigenvalue weighted by Crippen LogP contribution is 2.27. The van der Waals surface area contributed by atoms with Crippen molar-refractivity contribution in [2.75, 3.05) is 19.9 Å². The Labute approximate surface area is 95.8 Å². The normalized spacial score (nSPS) is 14.2. The summed E-state index contributed by atoms with van der Waals surface area (Å²) in [5.41, 5.74) is 0.508. The topological polar surface area (TPSA) is 21.3 Å². The molecule has 0 saturated heterocycles. The van der Waals surface area contributed by atoms with Crippen molar-refractivity contribution in [2.45, 2.75) is 53.9 Å². The number of rotatable bonds is 9. The van der Waals surface area contributed by atoms with Crippen molar-refractivity contribution < 1.29 is 4.74 Å². The second-order valence-electron chi connectivity index (χ2n) is 5.25. The van der Waals surface area contributed by atoms with Crippen LogP contribution < -0.4 is 5.32 Å². The minimum atomic E-state index is 0.508. The van der Waals surface area contributed by atoms with Gasteiger partial charge in [-0.05, 0) is 37.6 Å². The number of nitrogens with one attached hydrogen (secondary N) is 1. The fourth-order valence-electron chi connectivity index (χ4n) is 1.40. The van der Waals surface area contributed by atoms with Crippen molar-refractivity contribution in [1.82, 2.24) is 5.32 Å². The molecule has 0 aromatic carbocycles. The molecule has 0 aliphatic carbocycles. The Morgan fingerprint density at radius 3 is 2.47 bits per heavy atom. The van der Waals surface area contributed by atoms with E-state index in [-0.39, 0.29) is 0 Å². The maximum absolute atomic E-state index is 5.24. The summed E-state index contributed by atoms with van der Waals surface area (Å²) in [5.74, 6) is 0.747. The lowest BCUT2D eigenvalue weighted by Gasteiger charge is -2.24. The summed E-state index contributed by atoms with van der Waals surface area (Å²) in [5, 5.41) is 3.32. The smallest absolute Gasteiger partial charge is 0.0965 e. The summed E-state index contributed by atoms with van der Waals surface area (Å²) in [7, 11) is 0. The zero-order valence-corrected chi connectivity index (χ0v) is 11.2. The molecule has 2 heteroatoms. The van der Waals surface area contributed by atoms with Gasteiger partial charge in [0.1, 0.15) is 0 Å². The summed E-state index contributed by atoms with van der Waals surface area (Å²) in [6.45, 7) is 13.9. The van der Waals surface area contributed by atoms with Crippen LogP contribution in [0, 0.1) is 11.3 Å². The summed E-state index contributed by atoms with van der Waals surface area (Å²) < 4.78 is 5.24. The van der Waals surface area contributed by atoms with Crippen LogP contribution in [0.25, 0.3) is 0 Å². The van der Waals surface area contributed by atoms with Crippen LogP contribution in [-0.4, -0.2) is 19.9 Å². The molecule has 1 N–H and O–H groups in total. The van der Waals surface area contributed by atoms with Gasteiger partial charge >= 0.3 is 0 Å². The van der Waals surface area contributed by atoms with E-state index in [0.717, 1.165) is 19.1 Å². The third-order valence-electron chi connectivity index (χ3n) is 3.17. The van der Waals surface area contributed by atoms with Gasteiger partial charge in [0.2, 0.25) is 0 Å². The van der Waals surface area contributed by atoms with Gasteiger partial charge in [0.05, 0.1) is 6.73 Å². The van der Waals surface area contributed by atoms with Crippen LogP contribution in [0.4, 0.5) is 0 Å². The molecule has 0 bridgehead atoms. The first-order valence-corrected chi connectivity index (χ1v) is 6.30. The summed E-state index contributed by atoms with van der Waals surface area (Å²) in [6.07, 6.45) is 3.90.